The van der Waals surface area contributed by atoms with Crippen LogP contribution in [0.15, 0.2) is 24.3 Å². The molecule has 0 saturated carbocycles. The Morgan fingerprint density at radius 3 is 2.54 bits per heavy atom. The molecule has 5 nitrogen and oxygen atoms in total. The summed E-state index contributed by atoms with van der Waals surface area (Å²) in [6, 6.07) is 3.85. The van der Waals surface area contributed by atoms with Crippen molar-refractivity contribution in [2.75, 3.05) is 26.2 Å². The molecule has 8 heteroatoms. The molecular weight excluding hydrogens is 325 g/mol. The second-order valence-electron chi connectivity index (χ2n) is 5.50. The molecule has 0 spiro atoms. The van der Waals surface area contributed by atoms with Crippen LogP contribution in [0.5, 0.6) is 0 Å². The minimum atomic E-state index is -4.45. The van der Waals surface area contributed by atoms with Crippen LogP contribution in [0, 0.1) is 0 Å². The van der Waals surface area contributed by atoms with Crippen LogP contribution in [0.2, 0.25) is 0 Å². The number of alkyl halides is 3. The van der Waals surface area contributed by atoms with E-state index in [0.29, 0.717) is 19.7 Å². The summed E-state index contributed by atoms with van der Waals surface area (Å²) in [6.07, 6.45) is -3.66. The van der Waals surface area contributed by atoms with Crippen LogP contribution >= 0.6 is 0 Å². The first-order valence-corrected chi connectivity index (χ1v) is 7.66. The van der Waals surface area contributed by atoms with E-state index in [1.807, 2.05) is 6.92 Å². The van der Waals surface area contributed by atoms with E-state index in [1.54, 1.807) is 4.90 Å². The van der Waals surface area contributed by atoms with E-state index in [0.717, 1.165) is 30.7 Å². The highest BCUT2D eigenvalue weighted by Gasteiger charge is 2.30. The van der Waals surface area contributed by atoms with E-state index in [2.05, 4.69) is 5.32 Å². The molecule has 0 bridgehead atoms. The number of nitrogens with one attached hydrogen (secondary N) is 1. The number of amides is 2. The Kier molecular flexibility index (Phi) is 5.82. The molecule has 2 amide bonds. The summed E-state index contributed by atoms with van der Waals surface area (Å²) >= 11 is 0. The third kappa shape index (κ3) is 4.70. The molecule has 1 aliphatic heterocycles. The van der Waals surface area contributed by atoms with Gasteiger partial charge in [-0.3, -0.25) is 9.59 Å². The number of benzene rings is 1. The molecular formula is C16H19F3N2O3. The standard InChI is InChI=1S/C16H19F3N2O3/c1-2-13-10-21(7-8-24-13)14(22)9-20-15(23)11-3-5-12(6-4-11)16(17,18)19/h3-6,13H,2,7-10H2,1H3,(H,20,23)/t13-/m0/s1. The SMILES string of the molecule is CC[C@H]1CN(C(=O)CNC(=O)c2ccc(C(F)(F)F)cc2)CCO1. The number of rotatable bonds is 4. The smallest absolute Gasteiger partial charge is 0.375 e. The van der Waals surface area contributed by atoms with Crippen LogP contribution in [-0.2, 0) is 15.7 Å². The zero-order chi connectivity index (χ0) is 17.7. The molecule has 1 fully saturated rings. The zero-order valence-corrected chi connectivity index (χ0v) is 13.2. The van der Waals surface area contributed by atoms with Crippen LogP contribution in [0.4, 0.5) is 13.2 Å². The fraction of sp³-hybridized carbons (Fsp3) is 0.500. The van der Waals surface area contributed by atoms with E-state index in [1.165, 1.54) is 0 Å². The monoisotopic (exact) mass is 344 g/mol. The van der Waals surface area contributed by atoms with Gasteiger partial charge in [0.15, 0.2) is 0 Å². The van der Waals surface area contributed by atoms with Gasteiger partial charge in [0, 0.05) is 18.7 Å². The van der Waals surface area contributed by atoms with Gasteiger partial charge in [0.1, 0.15) is 0 Å². The molecule has 1 N–H and O–H groups in total. The Hall–Kier alpha value is -2.09. The fourth-order valence-electron chi connectivity index (χ4n) is 2.37. The van der Waals surface area contributed by atoms with Gasteiger partial charge in [0.25, 0.3) is 5.91 Å². The highest BCUT2D eigenvalue weighted by molar-refractivity contribution is 5.96. The maximum Gasteiger partial charge on any atom is 0.416 e. The number of carbonyl (C=O) groups is 2. The fourth-order valence-corrected chi connectivity index (χ4v) is 2.37. The van der Waals surface area contributed by atoms with Crippen molar-refractivity contribution in [3.63, 3.8) is 0 Å². The van der Waals surface area contributed by atoms with Gasteiger partial charge in [-0.1, -0.05) is 6.92 Å². The molecule has 1 atom stereocenters. The molecule has 132 valence electrons. The van der Waals surface area contributed by atoms with Gasteiger partial charge < -0.3 is 15.0 Å². The lowest BCUT2D eigenvalue weighted by atomic mass is 10.1. The van der Waals surface area contributed by atoms with Crippen LogP contribution in [0.25, 0.3) is 0 Å². The van der Waals surface area contributed by atoms with Gasteiger partial charge in [0.2, 0.25) is 5.91 Å². The minimum Gasteiger partial charge on any atom is -0.375 e. The number of morpholine rings is 1. The van der Waals surface area contributed by atoms with Gasteiger partial charge in [-0.05, 0) is 30.7 Å². The van der Waals surface area contributed by atoms with E-state index < -0.39 is 17.6 Å². The first kappa shape index (κ1) is 18.3. The second kappa shape index (κ2) is 7.65. The summed E-state index contributed by atoms with van der Waals surface area (Å²) in [6.45, 7) is 3.16. The first-order chi connectivity index (χ1) is 11.3. The van der Waals surface area contributed by atoms with Crippen molar-refractivity contribution in [2.24, 2.45) is 0 Å². The Morgan fingerprint density at radius 1 is 1.29 bits per heavy atom. The van der Waals surface area contributed by atoms with Gasteiger partial charge in [-0.2, -0.15) is 13.2 Å². The molecule has 0 radical (unpaired) electrons. The lowest BCUT2D eigenvalue weighted by Crippen LogP contribution is -2.48. The predicted molar refractivity (Wildman–Crippen MR) is 80.4 cm³/mol. The lowest BCUT2D eigenvalue weighted by molar-refractivity contribution is -0.138. The number of nitrogens with zero attached hydrogens (tertiary/aromatic N) is 1. The van der Waals surface area contributed by atoms with Crippen LogP contribution in [0.3, 0.4) is 0 Å². The maximum atomic E-state index is 12.5. The van der Waals surface area contributed by atoms with Gasteiger partial charge in [-0.15, -0.1) is 0 Å². The van der Waals surface area contributed by atoms with Crippen molar-refractivity contribution >= 4 is 11.8 Å². The largest absolute Gasteiger partial charge is 0.416 e. The molecule has 1 heterocycles. The number of ether oxygens (including phenoxy) is 1. The number of hydrogen-bond acceptors (Lipinski definition) is 3. The molecule has 1 aliphatic rings. The van der Waals surface area contributed by atoms with E-state index in [4.69, 9.17) is 4.74 Å². The molecule has 1 saturated heterocycles. The number of halogens is 3. The molecule has 0 aromatic heterocycles. The molecule has 1 aromatic rings. The molecule has 1 aromatic carbocycles. The van der Waals surface area contributed by atoms with Crippen molar-refractivity contribution in [1.82, 2.24) is 10.2 Å². The quantitative estimate of drug-likeness (QED) is 0.910. The Labute approximate surface area is 137 Å². The van der Waals surface area contributed by atoms with E-state index in [-0.39, 0.29) is 24.1 Å². The summed E-state index contributed by atoms with van der Waals surface area (Å²) in [5, 5.41) is 2.43. The average molecular weight is 344 g/mol. The second-order valence-corrected chi connectivity index (χ2v) is 5.50. The molecule has 0 aliphatic carbocycles. The van der Waals surface area contributed by atoms with Gasteiger partial charge in [-0.25, -0.2) is 0 Å². The van der Waals surface area contributed by atoms with Crippen LogP contribution in [0.1, 0.15) is 29.3 Å². The summed E-state index contributed by atoms with van der Waals surface area (Å²) < 4.78 is 42.9. The third-order valence-corrected chi connectivity index (χ3v) is 3.82. The molecule has 24 heavy (non-hydrogen) atoms. The van der Waals surface area contributed by atoms with Crippen molar-refractivity contribution in [2.45, 2.75) is 25.6 Å². The lowest BCUT2D eigenvalue weighted by Gasteiger charge is -2.32. The van der Waals surface area contributed by atoms with Gasteiger partial charge in [0.05, 0.1) is 24.8 Å². The number of hydrogen-bond donors (Lipinski definition) is 1. The summed E-state index contributed by atoms with van der Waals surface area (Å²) in [7, 11) is 0. The topological polar surface area (TPSA) is 58.6 Å². The highest BCUT2D eigenvalue weighted by atomic mass is 19.4. The Bertz CT molecular complexity index is 587. The molecule has 2 rings (SSSR count). The van der Waals surface area contributed by atoms with E-state index >= 15 is 0 Å². The average Bonchev–Trinajstić information content (AvgIpc) is 2.58. The highest BCUT2D eigenvalue weighted by Crippen LogP contribution is 2.29. The normalized spacial score (nSPS) is 18.3. The van der Waals surface area contributed by atoms with Gasteiger partial charge >= 0.3 is 6.18 Å². The minimum absolute atomic E-state index is 0.00619. The Morgan fingerprint density at radius 2 is 1.96 bits per heavy atom. The van der Waals surface area contributed by atoms with Crippen LogP contribution < -0.4 is 5.32 Å². The summed E-state index contributed by atoms with van der Waals surface area (Å²) in [5.74, 6) is -0.825. The summed E-state index contributed by atoms with van der Waals surface area (Å²) in [5.41, 5.74) is -0.752. The molecule has 0 unspecified atom stereocenters. The summed E-state index contributed by atoms with van der Waals surface area (Å²) in [4.78, 5) is 25.6. The number of carbonyl (C=O) groups excluding carboxylic acids is 2. The Balaban J connectivity index is 1.87. The van der Waals surface area contributed by atoms with Crippen LogP contribution in [-0.4, -0.2) is 49.1 Å². The van der Waals surface area contributed by atoms with Crippen molar-refractivity contribution in [3.05, 3.63) is 35.4 Å². The first-order valence-electron chi connectivity index (χ1n) is 7.66. The predicted octanol–water partition coefficient (Wildman–Crippen LogP) is 2.07. The van der Waals surface area contributed by atoms with E-state index in [9.17, 15) is 22.8 Å². The third-order valence-electron chi connectivity index (χ3n) is 3.82. The van der Waals surface area contributed by atoms with Crippen molar-refractivity contribution < 1.29 is 27.5 Å². The zero-order valence-electron chi connectivity index (χ0n) is 13.2. The van der Waals surface area contributed by atoms with Crippen molar-refractivity contribution in [3.8, 4) is 0 Å². The maximum absolute atomic E-state index is 12.5. The van der Waals surface area contributed by atoms with Crippen molar-refractivity contribution in [1.29, 1.82) is 0 Å².